The zero-order valence-electron chi connectivity index (χ0n) is 32.2. The fourth-order valence-corrected chi connectivity index (χ4v) is 9.43. The van der Waals surface area contributed by atoms with Gasteiger partial charge in [0.25, 0.3) is 0 Å². The van der Waals surface area contributed by atoms with Gasteiger partial charge >= 0.3 is 0 Å². The van der Waals surface area contributed by atoms with Crippen LogP contribution in [0.25, 0.3) is 127 Å². The maximum absolute atomic E-state index is 6.50. The van der Waals surface area contributed by atoms with Crippen molar-refractivity contribution in [1.29, 1.82) is 0 Å². The van der Waals surface area contributed by atoms with Gasteiger partial charge in [-0.15, -0.1) is 0 Å². The minimum absolute atomic E-state index is 0.604. The summed E-state index contributed by atoms with van der Waals surface area (Å²) in [5.74, 6) is 1.83. The number of hydrogen-bond acceptors (Lipinski definition) is 4. The average Bonchev–Trinajstić information content (AvgIpc) is 3.83. The molecule has 0 radical (unpaired) electrons. The van der Waals surface area contributed by atoms with E-state index in [9.17, 15) is 0 Å². The Morgan fingerprint density at radius 3 is 1.85 bits per heavy atom. The van der Waals surface area contributed by atoms with Crippen LogP contribution in [0.2, 0.25) is 0 Å². The van der Waals surface area contributed by atoms with Crippen molar-refractivity contribution in [2.75, 3.05) is 0 Å². The lowest BCUT2D eigenvalue weighted by molar-refractivity contribution is 0.669. The number of para-hydroxylation sites is 1. The number of benzene rings is 9. The second-order valence-corrected chi connectivity index (χ2v) is 15.6. The molecule has 60 heavy (non-hydrogen) atoms. The summed E-state index contributed by atoms with van der Waals surface area (Å²) >= 11 is 0. The number of nitrogens with zero attached hydrogens (tertiary/aromatic N) is 4. The van der Waals surface area contributed by atoms with Gasteiger partial charge in [-0.2, -0.15) is 0 Å². The predicted molar refractivity (Wildman–Crippen MR) is 246 cm³/mol. The first-order valence-corrected chi connectivity index (χ1v) is 20.3. The molecule has 13 aromatic rings. The highest BCUT2D eigenvalue weighted by molar-refractivity contribution is 6.31. The van der Waals surface area contributed by atoms with Gasteiger partial charge in [0, 0.05) is 38.2 Å². The third kappa shape index (κ3) is 4.90. The molecule has 0 saturated heterocycles. The molecule has 0 bridgehead atoms. The summed E-state index contributed by atoms with van der Waals surface area (Å²) in [4.78, 5) is 15.9. The molecular formula is C55H32N4O. The van der Waals surface area contributed by atoms with Crippen molar-refractivity contribution in [3.8, 4) is 56.4 Å². The lowest BCUT2D eigenvalue weighted by Gasteiger charge is -2.13. The minimum Gasteiger partial charge on any atom is -0.456 e. The Hall–Kier alpha value is -8.15. The molecular weight excluding hydrogens is 733 g/mol. The molecule has 5 nitrogen and oxygen atoms in total. The van der Waals surface area contributed by atoms with Crippen molar-refractivity contribution in [3.05, 3.63) is 194 Å². The number of furan rings is 1. The summed E-state index contributed by atoms with van der Waals surface area (Å²) in [6, 6.07) is 68.5. The Kier molecular flexibility index (Phi) is 6.95. The fourth-order valence-electron chi connectivity index (χ4n) is 9.43. The van der Waals surface area contributed by atoms with Crippen molar-refractivity contribution in [2.24, 2.45) is 0 Å². The normalized spacial score (nSPS) is 12.0. The SMILES string of the molecule is c1ccc(-c2ccccc2-c2nc(-c3cccc(-c4ccc5ccccc5c4)c3)nc(-c3ccc4c5cccc6oc7ccc8c9ccccc9n(c4c3)c8c7c65)n2)cc1. The van der Waals surface area contributed by atoms with Crippen LogP contribution in [0.5, 0.6) is 0 Å². The number of hydrogen-bond donors (Lipinski definition) is 0. The van der Waals surface area contributed by atoms with Gasteiger partial charge in [-0.05, 0) is 80.9 Å². The van der Waals surface area contributed by atoms with Gasteiger partial charge in [-0.25, -0.2) is 15.0 Å². The third-order valence-electron chi connectivity index (χ3n) is 12.2. The summed E-state index contributed by atoms with van der Waals surface area (Å²) in [5.41, 5.74) is 12.3. The third-order valence-corrected chi connectivity index (χ3v) is 12.2. The van der Waals surface area contributed by atoms with Crippen LogP contribution in [-0.2, 0) is 0 Å². The fraction of sp³-hybridized carbons (Fsp3) is 0. The molecule has 0 aliphatic carbocycles. The van der Waals surface area contributed by atoms with Crippen LogP contribution in [-0.4, -0.2) is 19.4 Å². The van der Waals surface area contributed by atoms with Crippen LogP contribution in [0.3, 0.4) is 0 Å². The van der Waals surface area contributed by atoms with E-state index in [0.29, 0.717) is 17.5 Å². The van der Waals surface area contributed by atoms with Gasteiger partial charge in [0.1, 0.15) is 11.2 Å². The second kappa shape index (κ2) is 12.7. The van der Waals surface area contributed by atoms with Crippen molar-refractivity contribution in [1.82, 2.24) is 19.4 Å². The van der Waals surface area contributed by atoms with Gasteiger partial charge in [0.15, 0.2) is 17.5 Å². The highest BCUT2D eigenvalue weighted by Gasteiger charge is 2.22. The monoisotopic (exact) mass is 764 g/mol. The Balaban J connectivity index is 1.08. The quantitative estimate of drug-likeness (QED) is 0.175. The standard InChI is InChI=1S/C55H32N4O/c1-2-13-34(14-3-1)40-18-6-7-20-45(40)55-57-53(38-17-10-16-36(31-38)37-25-24-33-12-4-5-15-35(33)30-37)56-54(58-55)39-26-27-42-43-21-11-23-48-50(43)51-49(60-48)29-28-44-41-19-8-9-22-46(41)59(52(44)51)47(42)32-39/h1-32H. The highest BCUT2D eigenvalue weighted by atomic mass is 16.3. The van der Waals surface area contributed by atoms with Gasteiger partial charge in [0.05, 0.1) is 21.9 Å². The first kappa shape index (κ1) is 32.9. The van der Waals surface area contributed by atoms with Crippen LogP contribution in [0.15, 0.2) is 199 Å². The van der Waals surface area contributed by atoms with E-state index in [4.69, 9.17) is 19.4 Å². The first-order chi connectivity index (χ1) is 29.7. The molecule has 13 rings (SSSR count). The topological polar surface area (TPSA) is 56.2 Å². The maximum atomic E-state index is 6.50. The van der Waals surface area contributed by atoms with E-state index >= 15 is 0 Å². The van der Waals surface area contributed by atoms with Crippen LogP contribution in [0.4, 0.5) is 0 Å². The van der Waals surface area contributed by atoms with Gasteiger partial charge in [0.2, 0.25) is 0 Å². The second-order valence-electron chi connectivity index (χ2n) is 15.6. The summed E-state index contributed by atoms with van der Waals surface area (Å²) < 4.78 is 8.92. The molecule has 0 unspecified atom stereocenters. The molecule has 0 aliphatic rings. The smallest absolute Gasteiger partial charge is 0.164 e. The number of fused-ring (bicyclic) bond motifs is 7. The Bertz CT molecular complexity index is 3840. The molecule has 0 amide bonds. The summed E-state index contributed by atoms with van der Waals surface area (Å²) in [6.07, 6.45) is 0. The zero-order valence-corrected chi connectivity index (χ0v) is 32.2. The lowest BCUT2D eigenvalue weighted by atomic mass is 9.98. The van der Waals surface area contributed by atoms with E-state index in [1.807, 2.05) is 6.07 Å². The number of aromatic nitrogens is 4. The van der Waals surface area contributed by atoms with E-state index < -0.39 is 0 Å². The molecule has 4 aromatic heterocycles. The Labute approximate surface area is 343 Å². The van der Waals surface area contributed by atoms with E-state index in [0.717, 1.165) is 88.2 Å². The van der Waals surface area contributed by atoms with Gasteiger partial charge in [-0.1, -0.05) is 152 Å². The minimum atomic E-state index is 0.604. The van der Waals surface area contributed by atoms with E-state index in [-0.39, 0.29) is 0 Å². The largest absolute Gasteiger partial charge is 0.456 e. The van der Waals surface area contributed by atoms with Crippen LogP contribution in [0.1, 0.15) is 0 Å². The van der Waals surface area contributed by atoms with Crippen LogP contribution < -0.4 is 0 Å². The molecule has 0 fully saturated rings. The molecule has 278 valence electrons. The summed E-state index contributed by atoms with van der Waals surface area (Å²) in [6.45, 7) is 0. The lowest BCUT2D eigenvalue weighted by Crippen LogP contribution is -2.01. The van der Waals surface area contributed by atoms with Crippen molar-refractivity contribution in [2.45, 2.75) is 0 Å². The molecule has 9 aromatic carbocycles. The summed E-state index contributed by atoms with van der Waals surface area (Å²) in [5, 5.41) is 9.37. The molecule has 0 atom stereocenters. The molecule has 5 heteroatoms. The number of rotatable bonds is 5. The molecule has 4 heterocycles. The van der Waals surface area contributed by atoms with Gasteiger partial charge in [-0.3, -0.25) is 0 Å². The van der Waals surface area contributed by atoms with Crippen molar-refractivity contribution in [3.63, 3.8) is 0 Å². The molecule has 0 aliphatic heterocycles. The Morgan fingerprint density at radius 2 is 0.950 bits per heavy atom. The summed E-state index contributed by atoms with van der Waals surface area (Å²) in [7, 11) is 0. The van der Waals surface area contributed by atoms with Gasteiger partial charge < -0.3 is 8.82 Å². The predicted octanol–water partition coefficient (Wildman–Crippen LogP) is 14.4. The first-order valence-electron chi connectivity index (χ1n) is 20.3. The zero-order chi connectivity index (χ0) is 39.3. The van der Waals surface area contributed by atoms with Crippen LogP contribution in [0, 0.1) is 0 Å². The highest BCUT2D eigenvalue weighted by Crippen LogP contribution is 2.45. The van der Waals surface area contributed by atoms with Crippen LogP contribution >= 0.6 is 0 Å². The average molecular weight is 765 g/mol. The molecule has 0 spiro atoms. The van der Waals surface area contributed by atoms with Crippen molar-refractivity contribution >= 4 is 70.8 Å². The maximum Gasteiger partial charge on any atom is 0.164 e. The van der Waals surface area contributed by atoms with E-state index in [2.05, 4.69) is 192 Å². The van der Waals surface area contributed by atoms with Crippen molar-refractivity contribution < 1.29 is 4.42 Å². The van der Waals surface area contributed by atoms with E-state index in [1.54, 1.807) is 0 Å². The van der Waals surface area contributed by atoms with E-state index in [1.165, 1.54) is 21.5 Å². The molecule has 0 N–H and O–H groups in total. The molecule has 0 saturated carbocycles. The Morgan fingerprint density at radius 1 is 0.333 bits per heavy atom.